The van der Waals surface area contributed by atoms with Crippen LogP contribution in [0, 0.1) is 11.3 Å². The molecule has 0 spiro atoms. The van der Waals surface area contributed by atoms with Gasteiger partial charge in [0.25, 0.3) is 0 Å². The van der Waals surface area contributed by atoms with Crippen molar-refractivity contribution in [3.05, 3.63) is 23.8 Å². The highest BCUT2D eigenvalue weighted by atomic mass is 16.1. The maximum absolute atomic E-state index is 11.1. The van der Waals surface area contributed by atoms with E-state index in [1.165, 1.54) is 0 Å². The van der Waals surface area contributed by atoms with Gasteiger partial charge in [0.15, 0.2) is 0 Å². The molecule has 0 aliphatic carbocycles. The van der Waals surface area contributed by atoms with Gasteiger partial charge in [-0.1, -0.05) is 0 Å². The molecule has 0 aromatic heterocycles. The zero-order valence-corrected chi connectivity index (χ0v) is 9.24. The predicted octanol–water partition coefficient (Wildman–Crippen LogP) is 0.816. The summed E-state index contributed by atoms with van der Waals surface area (Å²) in [5, 5.41) is 11.6. The molecule has 1 aromatic carbocycles. The van der Waals surface area contributed by atoms with Crippen LogP contribution in [0.5, 0.6) is 0 Å². The zero-order chi connectivity index (χ0) is 12.3. The molecule has 0 radical (unpaired) electrons. The number of hydrogen-bond acceptors (Lipinski definition) is 4. The van der Waals surface area contributed by atoms with Gasteiger partial charge in [-0.25, -0.2) is 0 Å². The summed E-state index contributed by atoms with van der Waals surface area (Å²) in [5.41, 5.74) is 11.6. The number of carbonyl (C=O) groups excluding carboxylic acids is 1. The topological polar surface area (TPSA) is 105 Å². The van der Waals surface area contributed by atoms with E-state index in [1.807, 2.05) is 6.07 Å². The van der Waals surface area contributed by atoms with Crippen LogP contribution in [0.3, 0.4) is 0 Å². The van der Waals surface area contributed by atoms with E-state index in [1.54, 1.807) is 32.0 Å². The standard InChI is InChI=1S/C11H14N4O/c1-11(2,10(14)16)15-9-4-3-7(6-12)5-8(9)13/h3-5,15H,13H2,1-2H3,(H2,14,16). The van der Waals surface area contributed by atoms with Gasteiger partial charge in [0.1, 0.15) is 5.54 Å². The number of nitrogens with zero attached hydrogens (tertiary/aromatic N) is 1. The average Bonchev–Trinajstić information content (AvgIpc) is 2.20. The molecule has 0 saturated carbocycles. The molecular weight excluding hydrogens is 204 g/mol. The average molecular weight is 218 g/mol. The van der Waals surface area contributed by atoms with Crippen LogP contribution < -0.4 is 16.8 Å². The van der Waals surface area contributed by atoms with Gasteiger partial charge in [0.2, 0.25) is 5.91 Å². The van der Waals surface area contributed by atoms with Crippen molar-refractivity contribution in [2.75, 3.05) is 11.1 Å². The van der Waals surface area contributed by atoms with E-state index >= 15 is 0 Å². The fourth-order valence-corrected chi connectivity index (χ4v) is 1.14. The molecule has 16 heavy (non-hydrogen) atoms. The summed E-state index contributed by atoms with van der Waals surface area (Å²) in [6, 6.07) is 6.79. The van der Waals surface area contributed by atoms with Gasteiger partial charge in [-0.3, -0.25) is 4.79 Å². The Balaban J connectivity index is 3.00. The molecule has 0 aliphatic rings. The van der Waals surface area contributed by atoms with Crippen LogP contribution in [0.25, 0.3) is 0 Å². The number of nitrogens with one attached hydrogen (secondary N) is 1. The third-order valence-corrected chi connectivity index (χ3v) is 2.24. The van der Waals surface area contributed by atoms with Crippen LogP contribution in [-0.4, -0.2) is 11.4 Å². The van der Waals surface area contributed by atoms with Gasteiger partial charge >= 0.3 is 0 Å². The first-order valence-electron chi connectivity index (χ1n) is 4.74. The number of hydrogen-bond donors (Lipinski definition) is 3. The van der Waals surface area contributed by atoms with Crippen molar-refractivity contribution in [2.24, 2.45) is 5.73 Å². The van der Waals surface area contributed by atoms with Crippen LogP contribution in [0.2, 0.25) is 0 Å². The van der Waals surface area contributed by atoms with Crippen molar-refractivity contribution in [1.82, 2.24) is 0 Å². The molecule has 1 aromatic rings. The molecule has 84 valence electrons. The van der Waals surface area contributed by atoms with E-state index in [2.05, 4.69) is 5.32 Å². The van der Waals surface area contributed by atoms with E-state index in [0.717, 1.165) is 0 Å². The normalized spacial score (nSPS) is 10.6. The Bertz CT molecular complexity index is 460. The van der Waals surface area contributed by atoms with Crippen LogP contribution in [0.4, 0.5) is 11.4 Å². The van der Waals surface area contributed by atoms with E-state index in [0.29, 0.717) is 16.9 Å². The fraction of sp³-hybridized carbons (Fsp3) is 0.273. The lowest BCUT2D eigenvalue weighted by molar-refractivity contribution is -0.121. The van der Waals surface area contributed by atoms with Gasteiger partial charge in [-0.2, -0.15) is 5.26 Å². The van der Waals surface area contributed by atoms with Crippen molar-refractivity contribution in [1.29, 1.82) is 5.26 Å². The Morgan fingerprint density at radius 3 is 2.56 bits per heavy atom. The van der Waals surface area contributed by atoms with Gasteiger partial charge in [-0.15, -0.1) is 0 Å². The molecule has 0 aliphatic heterocycles. The second kappa shape index (κ2) is 4.11. The number of rotatable bonds is 3. The second-order valence-electron chi connectivity index (χ2n) is 4.03. The molecule has 5 N–H and O–H groups in total. The number of nitrogens with two attached hydrogens (primary N) is 2. The molecule has 0 heterocycles. The highest BCUT2D eigenvalue weighted by Crippen LogP contribution is 2.23. The summed E-state index contributed by atoms with van der Waals surface area (Å²) in [7, 11) is 0. The largest absolute Gasteiger partial charge is 0.397 e. The minimum Gasteiger partial charge on any atom is -0.397 e. The molecule has 1 amide bonds. The first-order chi connectivity index (χ1) is 7.36. The van der Waals surface area contributed by atoms with Gasteiger partial charge < -0.3 is 16.8 Å². The summed E-state index contributed by atoms with van der Waals surface area (Å²) in [4.78, 5) is 11.1. The van der Waals surface area contributed by atoms with Gasteiger partial charge in [-0.05, 0) is 32.0 Å². The number of carbonyl (C=O) groups is 1. The highest BCUT2D eigenvalue weighted by molar-refractivity contribution is 5.88. The lowest BCUT2D eigenvalue weighted by atomic mass is 10.0. The lowest BCUT2D eigenvalue weighted by Crippen LogP contribution is -2.45. The van der Waals surface area contributed by atoms with Crippen molar-refractivity contribution in [2.45, 2.75) is 19.4 Å². The number of primary amides is 1. The first kappa shape index (κ1) is 11.9. The lowest BCUT2D eigenvalue weighted by Gasteiger charge is -2.24. The van der Waals surface area contributed by atoms with Crippen LogP contribution >= 0.6 is 0 Å². The van der Waals surface area contributed by atoms with Crippen LogP contribution in [0.1, 0.15) is 19.4 Å². The summed E-state index contributed by atoms with van der Waals surface area (Å²) in [6.07, 6.45) is 0. The van der Waals surface area contributed by atoms with Crippen LogP contribution in [-0.2, 0) is 4.79 Å². The fourth-order valence-electron chi connectivity index (χ4n) is 1.14. The molecular formula is C11H14N4O. The maximum Gasteiger partial charge on any atom is 0.242 e. The number of nitriles is 1. The summed E-state index contributed by atoms with van der Waals surface area (Å²) in [5.74, 6) is -0.476. The quantitative estimate of drug-likeness (QED) is 0.653. The van der Waals surface area contributed by atoms with E-state index < -0.39 is 11.4 Å². The number of amides is 1. The summed E-state index contributed by atoms with van der Waals surface area (Å²) < 4.78 is 0. The Morgan fingerprint density at radius 2 is 2.12 bits per heavy atom. The Morgan fingerprint density at radius 1 is 1.50 bits per heavy atom. The van der Waals surface area contributed by atoms with E-state index in [-0.39, 0.29) is 0 Å². The Labute approximate surface area is 94.0 Å². The number of nitrogen functional groups attached to an aromatic ring is 1. The maximum atomic E-state index is 11.1. The third-order valence-electron chi connectivity index (χ3n) is 2.24. The highest BCUT2D eigenvalue weighted by Gasteiger charge is 2.24. The third kappa shape index (κ3) is 2.42. The minimum absolute atomic E-state index is 0.411. The monoisotopic (exact) mass is 218 g/mol. The molecule has 0 unspecified atom stereocenters. The first-order valence-corrected chi connectivity index (χ1v) is 4.74. The number of anilines is 2. The number of benzene rings is 1. The second-order valence-corrected chi connectivity index (χ2v) is 4.03. The zero-order valence-electron chi connectivity index (χ0n) is 9.24. The molecule has 5 heteroatoms. The summed E-state index contributed by atoms with van der Waals surface area (Å²) >= 11 is 0. The smallest absolute Gasteiger partial charge is 0.242 e. The van der Waals surface area contributed by atoms with Crippen molar-refractivity contribution in [3.63, 3.8) is 0 Å². The summed E-state index contributed by atoms with van der Waals surface area (Å²) in [6.45, 7) is 3.32. The molecule has 0 bridgehead atoms. The van der Waals surface area contributed by atoms with Crippen molar-refractivity contribution in [3.8, 4) is 6.07 Å². The predicted molar refractivity (Wildman–Crippen MR) is 62.5 cm³/mol. The molecule has 0 atom stereocenters. The van der Waals surface area contributed by atoms with Crippen LogP contribution in [0.15, 0.2) is 18.2 Å². The van der Waals surface area contributed by atoms with Crippen molar-refractivity contribution >= 4 is 17.3 Å². The van der Waals surface area contributed by atoms with Gasteiger partial charge in [0, 0.05) is 0 Å². The molecule has 1 rings (SSSR count). The molecule has 0 fully saturated rings. The Hall–Kier alpha value is -2.22. The Kier molecular flexibility index (Phi) is 3.04. The molecule has 5 nitrogen and oxygen atoms in total. The SMILES string of the molecule is CC(C)(Nc1ccc(C#N)cc1N)C(N)=O. The van der Waals surface area contributed by atoms with Crippen molar-refractivity contribution < 1.29 is 4.79 Å². The van der Waals surface area contributed by atoms with E-state index in [9.17, 15) is 4.79 Å². The van der Waals surface area contributed by atoms with E-state index in [4.69, 9.17) is 16.7 Å². The minimum atomic E-state index is -0.887. The molecule has 0 saturated heterocycles. The van der Waals surface area contributed by atoms with Gasteiger partial charge in [0.05, 0.1) is 23.0 Å².